The van der Waals surface area contributed by atoms with Crippen molar-refractivity contribution >= 4 is 91.8 Å². The highest BCUT2D eigenvalue weighted by Gasteiger charge is 2.30. The van der Waals surface area contributed by atoms with Gasteiger partial charge < -0.3 is 53.2 Å². The highest BCUT2D eigenvalue weighted by molar-refractivity contribution is 8.76. The van der Waals surface area contributed by atoms with Crippen LogP contribution in [0.25, 0.3) is 0 Å². The molecule has 0 bridgehead atoms. The highest BCUT2D eigenvalue weighted by atomic mass is 33.1. The van der Waals surface area contributed by atoms with Crippen molar-refractivity contribution in [2.24, 2.45) is 11.5 Å². The highest BCUT2D eigenvalue weighted by Crippen LogP contribution is 2.24. The quantitative estimate of drug-likeness (QED) is 0.0426. The van der Waals surface area contributed by atoms with E-state index in [1.807, 2.05) is 0 Å². The number of rotatable bonds is 27. The smallest absolute Gasteiger partial charge is 0.326 e. The summed E-state index contributed by atoms with van der Waals surface area (Å²) in [5.74, 6) is -8.26. The third kappa shape index (κ3) is 17.7. The second kappa shape index (κ2) is 24.2. The molecule has 0 radical (unpaired) electrons. The summed E-state index contributed by atoms with van der Waals surface area (Å²) in [7, 11) is 2.00. The van der Waals surface area contributed by atoms with E-state index in [0.29, 0.717) is 9.75 Å². The number of carboxylic acids is 4. The normalized spacial score (nSPS) is 14.3. The fourth-order valence-corrected chi connectivity index (χ4v) is 8.38. The molecule has 2 aromatic rings. The largest absolute Gasteiger partial charge is 0.480 e. The molecule has 22 heteroatoms. The first-order valence-electron chi connectivity index (χ1n) is 16.5. The van der Waals surface area contributed by atoms with E-state index in [0.717, 1.165) is 21.6 Å². The number of carbonyl (C=O) groups excluding carboxylic acids is 4. The first-order chi connectivity index (χ1) is 25.6. The van der Waals surface area contributed by atoms with Gasteiger partial charge in [0, 0.05) is 46.9 Å². The third-order valence-electron chi connectivity index (χ3n) is 7.53. The fraction of sp³-hybridized carbons (Fsp3) is 0.500. The van der Waals surface area contributed by atoms with E-state index < -0.39 is 83.8 Å². The molecule has 0 spiro atoms. The molecule has 4 amide bonds. The van der Waals surface area contributed by atoms with Gasteiger partial charge in [0.15, 0.2) is 0 Å². The Hall–Kier alpha value is -4.22. The number of carbonyl (C=O) groups is 8. The minimum absolute atomic E-state index is 0.0102. The second-order valence-corrected chi connectivity index (χ2v) is 16.5. The van der Waals surface area contributed by atoms with Gasteiger partial charge in [-0.25, -0.2) is 9.59 Å². The SMILES string of the molecule is N[C@@H](CCCC(=O)NC(CSSCC(NC(=O)CCC[C@H](N)C(=O)O)C(=O)N[C@@H](Cc1cccs1)C(=O)O)C(=O)N[C@@H](Cc1cccs1)C(=O)O)C(=O)O. The molecule has 0 aliphatic carbocycles. The van der Waals surface area contributed by atoms with E-state index in [4.69, 9.17) is 21.7 Å². The molecule has 12 N–H and O–H groups in total. The molecule has 6 atom stereocenters. The monoisotopic (exact) mass is 832 g/mol. The summed E-state index contributed by atoms with van der Waals surface area (Å²) in [5, 5.41) is 51.0. The Morgan fingerprint density at radius 3 is 1.24 bits per heavy atom. The summed E-state index contributed by atoms with van der Waals surface area (Å²) in [5.41, 5.74) is 11.0. The van der Waals surface area contributed by atoms with Crippen LogP contribution in [0.4, 0.5) is 0 Å². The Balaban J connectivity index is 2.15. The van der Waals surface area contributed by atoms with Crippen LogP contribution in [0, 0.1) is 0 Å². The summed E-state index contributed by atoms with van der Waals surface area (Å²) in [4.78, 5) is 99.7. The zero-order valence-electron chi connectivity index (χ0n) is 28.8. The number of amides is 4. The van der Waals surface area contributed by atoms with Crippen LogP contribution >= 0.6 is 44.3 Å². The Morgan fingerprint density at radius 2 is 0.944 bits per heavy atom. The van der Waals surface area contributed by atoms with Gasteiger partial charge in [-0.3, -0.25) is 28.8 Å². The van der Waals surface area contributed by atoms with Crippen molar-refractivity contribution in [1.82, 2.24) is 21.3 Å². The van der Waals surface area contributed by atoms with Gasteiger partial charge >= 0.3 is 23.9 Å². The van der Waals surface area contributed by atoms with E-state index in [1.54, 1.807) is 35.0 Å². The number of thiophene rings is 2. The first kappa shape index (κ1) is 45.9. The Morgan fingerprint density at radius 1 is 0.574 bits per heavy atom. The maximum absolute atomic E-state index is 13.4. The van der Waals surface area contributed by atoms with Crippen molar-refractivity contribution in [1.29, 1.82) is 0 Å². The summed E-state index contributed by atoms with van der Waals surface area (Å²) in [6, 6.07) is -0.729. The van der Waals surface area contributed by atoms with E-state index in [-0.39, 0.29) is 62.9 Å². The minimum Gasteiger partial charge on any atom is -0.480 e. The number of hydrogen-bond acceptors (Lipinski definition) is 14. The lowest BCUT2D eigenvalue weighted by atomic mass is 10.1. The van der Waals surface area contributed by atoms with Gasteiger partial charge in [-0.2, -0.15) is 0 Å². The number of hydrogen-bond donors (Lipinski definition) is 10. The number of nitrogens with one attached hydrogen (secondary N) is 4. The molecule has 0 aliphatic rings. The van der Waals surface area contributed by atoms with Gasteiger partial charge in [0.25, 0.3) is 0 Å². The lowest BCUT2D eigenvalue weighted by molar-refractivity contribution is -0.142. The van der Waals surface area contributed by atoms with Crippen molar-refractivity contribution in [3.05, 3.63) is 44.8 Å². The van der Waals surface area contributed by atoms with Crippen LogP contribution < -0.4 is 32.7 Å². The lowest BCUT2D eigenvalue weighted by Gasteiger charge is -2.23. The van der Waals surface area contributed by atoms with Crippen LogP contribution in [0.5, 0.6) is 0 Å². The predicted octanol–water partition coefficient (Wildman–Crippen LogP) is 0.249. The average Bonchev–Trinajstić information content (AvgIpc) is 3.82. The molecule has 2 aromatic heterocycles. The molecule has 0 saturated carbocycles. The van der Waals surface area contributed by atoms with Gasteiger partial charge in [0.2, 0.25) is 23.6 Å². The molecule has 0 fully saturated rings. The van der Waals surface area contributed by atoms with Crippen molar-refractivity contribution in [3.63, 3.8) is 0 Å². The number of aliphatic carboxylic acids is 4. The predicted molar refractivity (Wildman–Crippen MR) is 203 cm³/mol. The van der Waals surface area contributed by atoms with Crippen molar-refractivity contribution in [3.8, 4) is 0 Å². The van der Waals surface area contributed by atoms with Crippen LogP contribution in [-0.4, -0.2) is 116 Å². The van der Waals surface area contributed by atoms with Crippen LogP contribution in [-0.2, 0) is 51.2 Å². The van der Waals surface area contributed by atoms with Crippen LogP contribution in [0.3, 0.4) is 0 Å². The summed E-state index contributed by atoms with van der Waals surface area (Å²) < 4.78 is 0. The van der Waals surface area contributed by atoms with Crippen LogP contribution in [0.2, 0.25) is 0 Å². The van der Waals surface area contributed by atoms with E-state index in [2.05, 4.69) is 21.3 Å². The first-order valence-corrected chi connectivity index (χ1v) is 20.7. The van der Waals surface area contributed by atoms with Crippen molar-refractivity contribution in [2.75, 3.05) is 11.5 Å². The summed E-state index contributed by atoms with van der Waals surface area (Å²) >= 11 is 2.60. The number of nitrogens with two attached hydrogens (primary N) is 2. The molecule has 2 unspecified atom stereocenters. The Bertz CT molecular complexity index is 1450. The van der Waals surface area contributed by atoms with Gasteiger partial charge in [-0.15, -0.1) is 22.7 Å². The average molecular weight is 833 g/mol. The van der Waals surface area contributed by atoms with Crippen LogP contribution in [0.15, 0.2) is 35.0 Å². The van der Waals surface area contributed by atoms with Crippen LogP contribution in [0.1, 0.15) is 48.3 Å². The summed E-state index contributed by atoms with van der Waals surface area (Å²) in [6.07, 6.45) is -0.228. The molecule has 18 nitrogen and oxygen atoms in total. The van der Waals surface area contributed by atoms with Crippen molar-refractivity contribution in [2.45, 2.75) is 87.6 Å². The van der Waals surface area contributed by atoms with Gasteiger partial charge in [0.1, 0.15) is 36.3 Å². The van der Waals surface area contributed by atoms with E-state index in [1.165, 1.54) is 22.7 Å². The van der Waals surface area contributed by atoms with Crippen molar-refractivity contribution < 1.29 is 58.8 Å². The Kier molecular flexibility index (Phi) is 20.6. The minimum atomic E-state index is -1.33. The maximum Gasteiger partial charge on any atom is 0.326 e. The Labute approximate surface area is 326 Å². The fourth-order valence-electron chi connectivity index (χ4n) is 4.55. The zero-order chi connectivity index (χ0) is 40.2. The topological polar surface area (TPSA) is 318 Å². The standard InChI is InChI=1S/C32H44N6O12S4/c33-19(29(43)44)7-1-9-25(39)35-23(27(41)37-21(31(47)48)13-17-5-3-11-51-17)15-53-54-16-24(36-26(40)10-2-8-20(34)30(45)46)28(42)38-22(32(49)50)14-18-6-4-12-52-18/h3-6,11-12,19-24H,1-2,7-10,13-16,33-34H2,(H,35,39)(H,36,40)(H,37,41)(H,38,42)(H,43,44)(H,45,46)(H,47,48)(H,49,50)/t19-,20-,21-,22-,23?,24?/m0/s1. The van der Waals surface area contributed by atoms with Gasteiger partial charge in [-0.1, -0.05) is 33.7 Å². The van der Waals surface area contributed by atoms with Gasteiger partial charge in [-0.05, 0) is 48.6 Å². The van der Waals surface area contributed by atoms with E-state index in [9.17, 15) is 48.6 Å². The van der Waals surface area contributed by atoms with Gasteiger partial charge in [0.05, 0.1) is 0 Å². The summed E-state index contributed by atoms with van der Waals surface area (Å²) in [6.45, 7) is 0. The molecule has 2 heterocycles. The molecule has 0 aromatic carbocycles. The molecule has 54 heavy (non-hydrogen) atoms. The van der Waals surface area contributed by atoms with E-state index >= 15 is 0 Å². The third-order valence-corrected chi connectivity index (χ3v) is 11.7. The molecule has 0 saturated heterocycles. The number of carboxylic acid groups (broad SMARTS) is 4. The molecular formula is C32H44N6O12S4. The molecular weight excluding hydrogens is 789 g/mol. The lowest BCUT2D eigenvalue weighted by Crippen LogP contribution is -2.53. The molecule has 0 aliphatic heterocycles. The molecule has 298 valence electrons. The maximum atomic E-state index is 13.4. The molecule has 2 rings (SSSR count). The zero-order valence-corrected chi connectivity index (χ0v) is 32.1. The second-order valence-electron chi connectivity index (χ2n) is 11.8.